The largest absolute Gasteiger partial charge is 0.495 e. The number of methoxy groups -OCH3 is 1. The summed E-state index contributed by atoms with van der Waals surface area (Å²) >= 11 is 0. The van der Waals surface area contributed by atoms with Crippen molar-refractivity contribution in [3.63, 3.8) is 0 Å². The molecule has 0 bridgehead atoms. The number of rotatable bonds is 5. The lowest BCUT2D eigenvalue weighted by Gasteiger charge is -2.26. The topological polar surface area (TPSA) is 98.1 Å². The van der Waals surface area contributed by atoms with Crippen molar-refractivity contribution in [2.75, 3.05) is 38.7 Å². The van der Waals surface area contributed by atoms with Crippen molar-refractivity contribution in [2.45, 2.75) is 11.8 Å². The zero-order valence-corrected chi connectivity index (χ0v) is 15.3. The zero-order valence-electron chi connectivity index (χ0n) is 14.5. The Morgan fingerprint density at radius 1 is 1.19 bits per heavy atom. The van der Waals surface area contributed by atoms with E-state index in [1.165, 1.54) is 23.5 Å². The van der Waals surface area contributed by atoms with Crippen LogP contribution in [-0.2, 0) is 14.8 Å². The molecule has 0 saturated carbocycles. The van der Waals surface area contributed by atoms with Crippen LogP contribution in [0.1, 0.15) is 16.3 Å². The first-order valence-corrected chi connectivity index (χ1v) is 9.49. The summed E-state index contributed by atoms with van der Waals surface area (Å²) in [5.74, 6) is 0.512. The number of amides is 1. The number of nitrogens with one attached hydrogen (secondary N) is 1. The molecule has 3 rings (SSSR count). The molecule has 8 nitrogen and oxygen atoms in total. The molecular formula is C17H20N2O6S. The van der Waals surface area contributed by atoms with Crippen LogP contribution in [0.25, 0.3) is 0 Å². The molecule has 0 atom stereocenters. The van der Waals surface area contributed by atoms with Gasteiger partial charge < -0.3 is 19.2 Å². The third kappa shape index (κ3) is 3.74. The molecule has 26 heavy (non-hydrogen) atoms. The Labute approximate surface area is 151 Å². The number of carbonyl (C=O) groups excluding carboxylic acids is 1. The molecule has 1 saturated heterocycles. The quantitative estimate of drug-likeness (QED) is 0.850. The van der Waals surface area contributed by atoms with Gasteiger partial charge in [-0.25, -0.2) is 8.42 Å². The predicted molar refractivity (Wildman–Crippen MR) is 94.0 cm³/mol. The van der Waals surface area contributed by atoms with E-state index in [4.69, 9.17) is 13.9 Å². The Morgan fingerprint density at radius 2 is 1.92 bits per heavy atom. The van der Waals surface area contributed by atoms with Gasteiger partial charge in [0.1, 0.15) is 16.4 Å². The van der Waals surface area contributed by atoms with Crippen LogP contribution >= 0.6 is 0 Å². The normalized spacial score (nSPS) is 15.6. The second-order valence-corrected chi connectivity index (χ2v) is 7.65. The highest BCUT2D eigenvalue weighted by molar-refractivity contribution is 7.89. The lowest BCUT2D eigenvalue weighted by molar-refractivity contribution is 0.0729. The monoisotopic (exact) mass is 380 g/mol. The molecule has 1 aliphatic rings. The number of morpholine rings is 1. The average molecular weight is 380 g/mol. The van der Waals surface area contributed by atoms with Crippen LogP contribution in [-0.4, -0.2) is 52.0 Å². The number of furan rings is 1. The smallest absolute Gasteiger partial charge is 0.291 e. The molecule has 0 radical (unpaired) electrons. The number of hydrogen-bond acceptors (Lipinski definition) is 6. The van der Waals surface area contributed by atoms with Gasteiger partial charge in [0.25, 0.3) is 5.91 Å². The summed E-state index contributed by atoms with van der Waals surface area (Å²) < 4.78 is 42.9. The molecule has 1 aliphatic heterocycles. The van der Waals surface area contributed by atoms with E-state index in [-0.39, 0.29) is 29.5 Å². The zero-order chi connectivity index (χ0) is 18.7. The molecule has 0 unspecified atom stereocenters. The van der Waals surface area contributed by atoms with Gasteiger partial charge in [0.15, 0.2) is 5.76 Å². The van der Waals surface area contributed by atoms with Crippen molar-refractivity contribution in [1.29, 1.82) is 0 Å². The number of nitrogens with zero attached hydrogens (tertiary/aromatic N) is 1. The molecule has 2 heterocycles. The third-order valence-electron chi connectivity index (χ3n) is 3.97. The van der Waals surface area contributed by atoms with Crippen molar-refractivity contribution in [3.05, 3.63) is 41.9 Å². The second kappa shape index (κ2) is 7.48. The highest BCUT2D eigenvalue weighted by Crippen LogP contribution is 2.30. The molecule has 2 aromatic rings. The number of carbonyl (C=O) groups is 1. The number of hydrogen-bond donors (Lipinski definition) is 1. The fraction of sp³-hybridized carbons (Fsp3) is 0.353. The first-order chi connectivity index (χ1) is 12.4. The maximum Gasteiger partial charge on any atom is 0.291 e. The molecule has 0 aliphatic carbocycles. The molecule has 9 heteroatoms. The van der Waals surface area contributed by atoms with E-state index in [1.54, 1.807) is 25.1 Å². The van der Waals surface area contributed by atoms with Gasteiger partial charge >= 0.3 is 0 Å². The fourth-order valence-electron chi connectivity index (χ4n) is 2.63. The molecule has 140 valence electrons. The average Bonchev–Trinajstić information content (AvgIpc) is 3.09. The van der Waals surface area contributed by atoms with Gasteiger partial charge in [-0.05, 0) is 37.3 Å². The molecule has 1 N–H and O–H groups in total. The van der Waals surface area contributed by atoms with E-state index < -0.39 is 15.9 Å². The molecule has 1 aromatic carbocycles. The minimum Gasteiger partial charge on any atom is -0.495 e. The first-order valence-electron chi connectivity index (χ1n) is 8.05. The van der Waals surface area contributed by atoms with E-state index in [2.05, 4.69) is 5.32 Å². The van der Waals surface area contributed by atoms with Crippen LogP contribution in [0, 0.1) is 6.92 Å². The predicted octanol–water partition coefficient (Wildman–Crippen LogP) is 1.87. The second-order valence-electron chi connectivity index (χ2n) is 5.75. The lowest BCUT2D eigenvalue weighted by Crippen LogP contribution is -2.40. The van der Waals surface area contributed by atoms with Crippen molar-refractivity contribution < 1.29 is 27.1 Å². The van der Waals surface area contributed by atoms with Crippen molar-refractivity contribution >= 4 is 21.6 Å². The maximum atomic E-state index is 12.9. The Hall–Kier alpha value is -2.36. The van der Waals surface area contributed by atoms with E-state index in [0.717, 1.165) is 0 Å². The van der Waals surface area contributed by atoms with Crippen LogP contribution in [0.2, 0.25) is 0 Å². The van der Waals surface area contributed by atoms with Crippen LogP contribution in [0.15, 0.2) is 39.6 Å². The number of ether oxygens (including phenoxy) is 2. The van der Waals surface area contributed by atoms with Crippen LogP contribution in [0.4, 0.5) is 5.69 Å². The number of benzene rings is 1. The maximum absolute atomic E-state index is 12.9. The Morgan fingerprint density at radius 3 is 2.54 bits per heavy atom. The molecule has 1 amide bonds. The van der Waals surface area contributed by atoms with Gasteiger partial charge in [-0.3, -0.25) is 4.79 Å². The van der Waals surface area contributed by atoms with Gasteiger partial charge in [0.05, 0.1) is 20.3 Å². The van der Waals surface area contributed by atoms with Crippen LogP contribution < -0.4 is 10.1 Å². The van der Waals surface area contributed by atoms with Crippen molar-refractivity contribution in [3.8, 4) is 5.75 Å². The van der Waals surface area contributed by atoms with E-state index in [0.29, 0.717) is 24.7 Å². The Kier molecular flexibility index (Phi) is 5.30. The van der Waals surface area contributed by atoms with Gasteiger partial charge in [0, 0.05) is 18.8 Å². The third-order valence-corrected chi connectivity index (χ3v) is 5.89. The highest BCUT2D eigenvalue weighted by Gasteiger charge is 2.29. The van der Waals surface area contributed by atoms with Gasteiger partial charge in [-0.2, -0.15) is 4.31 Å². The lowest BCUT2D eigenvalue weighted by atomic mass is 10.3. The Balaban J connectivity index is 1.90. The van der Waals surface area contributed by atoms with Gasteiger partial charge in [-0.15, -0.1) is 0 Å². The van der Waals surface area contributed by atoms with Gasteiger partial charge in [0.2, 0.25) is 10.0 Å². The highest BCUT2D eigenvalue weighted by atomic mass is 32.2. The summed E-state index contributed by atoms with van der Waals surface area (Å²) in [6.45, 7) is 2.96. The number of anilines is 1. The van der Waals surface area contributed by atoms with E-state index in [9.17, 15) is 13.2 Å². The number of aryl methyl sites for hydroxylation is 1. The minimum atomic E-state index is -3.77. The number of sulfonamides is 1. The first kappa shape index (κ1) is 18.4. The molecule has 1 fully saturated rings. The van der Waals surface area contributed by atoms with Gasteiger partial charge in [-0.1, -0.05) is 0 Å². The van der Waals surface area contributed by atoms with Crippen LogP contribution in [0.3, 0.4) is 0 Å². The summed E-state index contributed by atoms with van der Waals surface area (Å²) in [6.07, 6.45) is 0. The summed E-state index contributed by atoms with van der Waals surface area (Å²) in [5.41, 5.74) is 0.330. The fourth-order valence-corrected chi connectivity index (χ4v) is 4.22. The van der Waals surface area contributed by atoms with Crippen molar-refractivity contribution in [2.24, 2.45) is 0 Å². The molecule has 1 aromatic heterocycles. The summed E-state index contributed by atoms with van der Waals surface area (Å²) in [5, 5.41) is 2.64. The van der Waals surface area contributed by atoms with Crippen LogP contribution in [0.5, 0.6) is 5.75 Å². The molecule has 0 spiro atoms. The summed E-state index contributed by atoms with van der Waals surface area (Å²) in [4.78, 5) is 12.2. The summed E-state index contributed by atoms with van der Waals surface area (Å²) in [7, 11) is -2.37. The standard InChI is InChI=1S/C17H20N2O6S/c1-12-3-5-15(25-12)17(20)18-13-4-6-14(23-2)16(11-13)26(21,22)19-7-9-24-10-8-19/h3-6,11H,7-10H2,1-2H3,(H,18,20). The Bertz CT molecular complexity index is 900. The summed E-state index contributed by atoms with van der Waals surface area (Å²) in [6, 6.07) is 7.70. The van der Waals surface area contributed by atoms with E-state index in [1.807, 2.05) is 0 Å². The molecular weight excluding hydrogens is 360 g/mol. The van der Waals surface area contributed by atoms with Crippen molar-refractivity contribution in [1.82, 2.24) is 4.31 Å². The van der Waals surface area contributed by atoms with E-state index >= 15 is 0 Å². The SMILES string of the molecule is COc1ccc(NC(=O)c2ccc(C)o2)cc1S(=O)(=O)N1CCOCC1. The minimum absolute atomic E-state index is 0.00433.